The Morgan fingerprint density at radius 3 is 2.64 bits per heavy atom. The molecule has 0 saturated carbocycles. The van der Waals surface area contributed by atoms with Crippen LogP contribution in [-0.4, -0.2) is 34.0 Å². The Morgan fingerprint density at radius 1 is 1.36 bits per heavy atom. The first-order valence-corrected chi connectivity index (χ1v) is 4.52. The summed E-state index contributed by atoms with van der Waals surface area (Å²) in [6, 6.07) is 0. The summed E-state index contributed by atoms with van der Waals surface area (Å²) in [4.78, 5) is 10.0. The van der Waals surface area contributed by atoms with Gasteiger partial charge in [-0.25, -0.2) is 4.79 Å². The lowest BCUT2D eigenvalue weighted by atomic mass is 10.1. The van der Waals surface area contributed by atoms with Crippen LogP contribution in [0.15, 0.2) is 24.3 Å². The Morgan fingerprint density at radius 2 is 2.07 bits per heavy atom. The van der Waals surface area contributed by atoms with Gasteiger partial charge in [-0.2, -0.15) is 0 Å². The minimum absolute atomic E-state index is 0.206. The highest BCUT2D eigenvalue weighted by Gasteiger charge is 1.98. The van der Waals surface area contributed by atoms with E-state index < -0.39 is 12.1 Å². The quantitative estimate of drug-likeness (QED) is 0.321. The first kappa shape index (κ1) is 12.9. The molecule has 0 heterocycles. The first-order chi connectivity index (χ1) is 6.66. The molecule has 0 rings (SSSR count). The minimum atomic E-state index is -0.967. The molecule has 3 N–H and O–H groups in total. The monoisotopic (exact) mass is 200 g/mol. The molecule has 1 atom stereocenters. The van der Waals surface area contributed by atoms with Crippen molar-refractivity contribution in [2.24, 2.45) is 0 Å². The van der Waals surface area contributed by atoms with Gasteiger partial charge in [-0.15, -0.1) is 0 Å². The highest BCUT2D eigenvalue weighted by Crippen LogP contribution is 2.00. The Kier molecular flexibility index (Phi) is 7.78. The van der Waals surface area contributed by atoms with E-state index in [4.69, 9.17) is 15.3 Å². The Bertz CT molecular complexity index is 208. The fourth-order valence-corrected chi connectivity index (χ4v) is 0.875. The second-order valence-corrected chi connectivity index (χ2v) is 2.89. The summed E-state index contributed by atoms with van der Waals surface area (Å²) in [6.45, 7) is -0.206. The first-order valence-electron chi connectivity index (χ1n) is 4.52. The van der Waals surface area contributed by atoms with E-state index in [0.717, 1.165) is 18.9 Å². The molecule has 0 aromatic heterocycles. The third-order valence-electron chi connectivity index (χ3n) is 1.60. The maximum absolute atomic E-state index is 10.0. The van der Waals surface area contributed by atoms with Gasteiger partial charge in [0.1, 0.15) is 0 Å². The zero-order valence-corrected chi connectivity index (χ0v) is 7.97. The smallest absolute Gasteiger partial charge is 0.328 e. The molecule has 0 amide bonds. The van der Waals surface area contributed by atoms with Crippen molar-refractivity contribution >= 4 is 5.97 Å². The highest BCUT2D eigenvalue weighted by molar-refractivity contribution is 5.80. The standard InChI is InChI=1S/C10H16O4/c11-8-9(12)6-4-2-1-3-5-7-10(13)14/h1,3,5,7,9,11-12H,2,4,6,8H2,(H,13,14)/b3-1+,7-5+. The van der Waals surface area contributed by atoms with E-state index in [1.807, 2.05) is 6.08 Å². The molecule has 0 aliphatic rings. The van der Waals surface area contributed by atoms with Crippen molar-refractivity contribution in [1.29, 1.82) is 0 Å². The van der Waals surface area contributed by atoms with Gasteiger partial charge < -0.3 is 15.3 Å². The number of rotatable bonds is 7. The number of hydrogen-bond acceptors (Lipinski definition) is 3. The molecule has 0 aliphatic heterocycles. The predicted octanol–water partition coefficient (Wildman–Crippen LogP) is 0.707. The van der Waals surface area contributed by atoms with Crippen molar-refractivity contribution in [2.75, 3.05) is 6.61 Å². The van der Waals surface area contributed by atoms with Gasteiger partial charge in [-0.3, -0.25) is 0 Å². The van der Waals surface area contributed by atoms with Crippen molar-refractivity contribution in [3.05, 3.63) is 24.3 Å². The predicted molar refractivity (Wildman–Crippen MR) is 52.9 cm³/mol. The van der Waals surface area contributed by atoms with E-state index in [0.29, 0.717) is 6.42 Å². The van der Waals surface area contributed by atoms with E-state index in [1.165, 1.54) is 6.08 Å². The number of aliphatic hydroxyl groups excluding tert-OH is 2. The normalized spacial score (nSPS) is 13.9. The summed E-state index contributed by atoms with van der Waals surface area (Å²) in [5.41, 5.74) is 0. The number of unbranched alkanes of at least 4 members (excludes halogenated alkanes) is 1. The number of carboxylic acids is 1. The fraction of sp³-hybridized carbons (Fsp3) is 0.500. The average Bonchev–Trinajstić information content (AvgIpc) is 2.15. The maximum Gasteiger partial charge on any atom is 0.328 e. The maximum atomic E-state index is 10.0. The molecule has 0 saturated heterocycles. The van der Waals surface area contributed by atoms with Gasteiger partial charge in [0, 0.05) is 6.08 Å². The van der Waals surface area contributed by atoms with Crippen molar-refractivity contribution < 1.29 is 20.1 Å². The van der Waals surface area contributed by atoms with Gasteiger partial charge in [0.2, 0.25) is 0 Å². The third-order valence-corrected chi connectivity index (χ3v) is 1.60. The van der Waals surface area contributed by atoms with Gasteiger partial charge >= 0.3 is 5.97 Å². The van der Waals surface area contributed by atoms with E-state index >= 15 is 0 Å². The number of carboxylic acid groups (broad SMARTS) is 1. The molecule has 4 heteroatoms. The average molecular weight is 200 g/mol. The molecule has 80 valence electrons. The SMILES string of the molecule is O=C(O)/C=C/C=C/CCCC(O)CO. The lowest BCUT2D eigenvalue weighted by Crippen LogP contribution is -2.10. The second-order valence-electron chi connectivity index (χ2n) is 2.89. The number of aliphatic hydroxyl groups is 2. The van der Waals surface area contributed by atoms with Gasteiger partial charge in [-0.1, -0.05) is 18.2 Å². The summed E-state index contributed by atoms with van der Waals surface area (Å²) in [6.07, 6.45) is 7.44. The molecule has 1 unspecified atom stereocenters. The van der Waals surface area contributed by atoms with Gasteiger partial charge in [0.15, 0.2) is 0 Å². The largest absolute Gasteiger partial charge is 0.478 e. The second kappa shape index (κ2) is 8.47. The molecule has 0 fully saturated rings. The zero-order valence-electron chi connectivity index (χ0n) is 7.97. The number of hydrogen-bond donors (Lipinski definition) is 3. The summed E-state index contributed by atoms with van der Waals surface area (Å²) >= 11 is 0. The van der Waals surface area contributed by atoms with Crippen LogP contribution in [0.5, 0.6) is 0 Å². The summed E-state index contributed by atoms with van der Waals surface area (Å²) in [7, 11) is 0. The van der Waals surface area contributed by atoms with Crippen LogP contribution in [0, 0.1) is 0 Å². The van der Waals surface area contributed by atoms with Crippen LogP contribution in [0.3, 0.4) is 0 Å². The highest BCUT2D eigenvalue weighted by atomic mass is 16.4. The minimum Gasteiger partial charge on any atom is -0.478 e. The number of carbonyl (C=O) groups is 1. The molecular formula is C10H16O4. The summed E-state index contributed by atoms with van der Waals surface area (Å²) < 4.78 is 0. The van der Waals surface area contributed by atoms with Crippen LogP contribution < -0.4 is 0 Å². The van der Waals surface area contributed by atoms with Crippen LogP contribution >= 0.6 is 0 Å². The van der Waals surface area contributed by atoms with Crippen molar-refractivity contribution in [3.8, 4) is 0 Å². The third kappa shape index (κ3) is 8.96. The summed E-state index contributed by atoms with van der Waals surface area (Å²) in [5.74, 6) is -0.967. The van der Waals surface area contributed by atoms with Crippen LogP contribution in [0.2, 0.25) is 0 Å². The fourth-order valence-electron chi connectivity index (χ4n) is 0.875. The lowest BCUT2D eigenvalue weighted by Gasteiger charge is -2.03. The molecule has 4 nitrogen and oxygen atoms in total. The van der Waals surface area contributed by atoms with Crippen molar-refractivity contribution in [3.63, 3.8) is 0 Å². The molecule has 0 aromatic rings. The number of allylic oxidation sites excluding steroid dienone is 3. The van der Waals surface area contributed by atoms with E-state index in [-0.39, 0.29) is 6.61 Å². The molecular weight excluding hydrogens is 184 g/mol. The van der Waals surface area contributed by atoms with Crippen LogP contribution in [0.1, 0.15) is 19.3 Å². The molecule has 0 radical (unpaired) electrons. The van der Waals surface area contributed by atoms with Gasteiger partial charge in [-0.05, 0) is 19.3 Å². The van der Waals surface area contributed by atoms with E-state index in [9.17, 15) is 4.79 Å². The number of aliphatic carboxylic acids is 1. The van der Waals surface area contributed by atoms with Crippen molar-refractivity contribution in [2.45, 2.75) is 25.4 Å². The van der Waals surface area contributed by atoms with E-state index in [1.54, 1.807) is 6.08 Å². The van der Waals surface area contributed by atoms with Crippen molar-refractivity contribution in [1.82, 2.24) is 0 Å². The van der Waals surface area contributed by atoms with E-state index in [2.05, 4.69) is 0 Å². The van der Waals surface area contributed by atoms with Crippen LogP contribution in [-0.2, 0) is 4.79 Å². The van der Waals surface area contributed by atoms with Gasteiger partial charge in [0.25, 0.3) is 0 Å². The Hall–Kier alpha value is -1.13. The molecule has 0 bridgehead atoms. The topological polar surface area (TPSA) is 77.8 Å². The molecule has 14 heavy (non-hydrogen) atoms. The Labute approximate surface area is 83.2 Å². The zero-order chi connectivity index (χ0) is 10.8. The lowest BCUT2D eigenvalue weighted by molar-refractivity contribution is -0.131. The molecule has 0 spiro atoms. The van der Waals surface area contributed by atoms with Gasteiger partial charge in [0.05, 0.1) is 12.7 Å². The van der Waals surface area contributed by atoms with Crippen LogP contribution in [0.25, 0.3) is 0 Å². The molecule has 0 aromatic carbocycles. The van der Waals surface area contributed by atoms with Crippen LogP contribution in [0.4, 0.5) is 0 Å². The summed E-state index contributed by atoms with van der Waals surface area (Å²) in [5, 5.41) is 25.7. The molecule has 0 aliphatic carbocycles. The Balaban J connectivity index is 3.40.